The lowest BCUT2D eigenvalue weighted by atomic mass is 10.2. The molecule has 0 unspecified atom stereocenters. The van der Waals surface area contributed by atoms with E-state index in [-0.39, 0.29) is 9.67 Å². The summed E-state index contributed by atoms with van der Waals surface area (Å²) in [5.74, 6) is 0.310. The summed E-state index contributed by atoms with van der Waals surface area (Å²) in [5.41, 5.74) is -0.624. The van der Waals surface area contributed by atoms with Crippen molar-refractivity contribution in [1.82, 2.24) is 0 Å². The number of rotatable bonds is 2. The molecule has 0 spiro atoms. The van der Waals surface area contributed by atoms with Crippen LogP contribution >= 0.6 is 22.6 Å². The SMILES string of the molecule is FC(F)(F)c1cc(OC2CC2)ccc1I. The van der Waals surface area contributed by atoms with Crippen LogP contribution in [0.3, 0.4) is 0 Å². The molecule has 1 aliphatic carbocycles. The molecule has 1 aromatic rings. The van der Waals surface area contributed by atoms with E-state index in [2.05, 4.69) is 0 Å². The van der Waals surface area contributed by atoms with Crippen molar-refractivity contribution in [3.05, 3.63) is 27.3 Å². The van der Waals surface area contributed by atoms with Gasteiger partial charge < -0.3 is 4.74 Å². The first kappa shape index (κ1) is 11.0. The third-order valence-electron chi connectivity index (χ3n) is 2.07. The molecule has 15 heavy (non-hydrogen) atoms. The van der Waals surface area contributed by atoms with Crippen molar-refractivity contribution in [2.45, 2.75) is 25.1 Å². The average Bonchev–Trinajstić information content (AvgIpc) is 2.90. The summed E-state index contributed by atoms with van der Waals surface area (Å²) >= 11 is 1.68. The van der Waals surface area contributed by atoms with Crippen molar-refractivity contribution < 1.29 is 17.9 Å². The number of hydrogen-bond donors (Lipinski definition) is 0. The molecule has 0 saturated heterocycles. The van der Waals surface area contributed by atoms with Gasteiger partial charge in [0.1, 0.15) is 5.75 Å². The quantitative estimate of drug-likeness (QED) is 0.750. The summed E-state index contributed by atoms with van der Waals surface area (Å²) in [4.78, 5) is 0. The Hall–Kier alpha value is -0.460. The van der Waals surface area contributed by atoms with Crippen molar-refractivity contribution in [2.24, 2.45) is 0 Å². The van der Waals surface area contributed by atoms with Crippen LogP contribution in [0.15, 0.2) is 18.2 Å². The lowest BCUT2D eigenvalue weighted by Crippen LogP contribution is -2.08. The van der Waals surface area contributed by atoms with Crippen LogP contribution < -0.4 is 4.74 Å². The fourth-order valence-electron chi connectivity index (χ4n) is 1.17. The van der Waals surface area contributed by atoms with Gasteiger partial charge in [0.25, 0.3) is 0 Å². The van der Waals surface area contributed by atoms with Gasteiger partial charge in [0.2, 0.25) is 0 Å². The molecule has 0 heterocycles. The molecule has 1 saturated carbocycles. The molecule has 0 aliphatic heterocycles. The molecule has 0 N–H and O–H groups in total. The summed E-state index contributed by atoms with van der Waals surface area (Å²) < 4.78 is 43.1. The zero-order valence-electron chi connectivity index (χ0n) is 7.64. The van der Waals surface area contributed by atoms with Crippen molar-refractivity contribution in [1.29, 1.82) is 0 Å². The largest absolute Gasteiger partial charge is 0.490 e. The lowest BCUT2D eigenvalue weighted by Gasteiger charge is -2.11. The highest BCUT2D eigenvalue weighted by Gasteiger charge is 2.34. The van der Waals surface area contributed by atoms with Crippen LogP contribution in [0.1, 0.15) is 18.4 Å². The topological polar surface area (TPSA) is 9.23 Å². The Kier molecular flexibility index (Phi) is 2.83. The van der Waals surface area contributed by atoms with Gasteiger partial charge in [0.05, 0.1) is 11.7 Å². The van der Waals surface area contributed by atoms with Crippen molar-refractivity contribution in [3.8, 4) is 5.75 Å². The molecular weight excluding hydrogens is 320 g/mol. The van der Waals surface area contributed by atoms with Gasteiger partial charge in [-0.25, -0.2) is 0 Å². The Morgan fingerprint density at radius 2 is 1.93 bits per heavy atom. The molecule has 0 aromatic heterocycles. The first-order chi connectivity index (χ1) is 6.97. The molecule has 1 nitrogen and oxygen atoms in total. The summed E-state index contributed by atoms with van der Waals surface area (Å²) in [7, 11) is 0. The Labute approximate surface area is 98.8 Å². The second-order valence-electron chi connectivity index (χ2n) is 3.46. The Morgan fingerprint density at radius 1 is 1.27 bits per heavy atom. The van der Waals surface area contributed by atoms with Crippen molar-refractivity contribution in [3.63, 3.8) is 0 Å². The normalized spacial score (nSPS) is 16.5. The molecule has 5 heteroatoms. The minimum atomic E-state index is -4.31. The monoisotopic (exact) mass is 328 g/mol. The molecule has 0 bridgehead atoms. The number of halogens is 4. The maximum absolute atomic E-state index is 12.5. The molecule has 0 atom stereocenters. The summed E-state index contributed by atoms with van der Waals surface area (Å²) in [6.07, 6.45) is -2.31. The number of benzene rings is 1. The minimum Gasteiger partial charge on any atom is -0.490 e. The highest BCUT2D eigenvalue weighted by Crippen LogP contribution is 2.36. The first-order valence-corrected chi connectivity index (χ1v) is 5.58. The Balaban J connectivity index is 2.27. The average molecular weight is 328 g/mol. The second kappa shape index (κ2) is 3.84. The standard InChI is InChI=1S/C10H8F3IO/c11-10(12,13)8-5-7(3-4-9(8)14)15-6-1-2-6/h3-6H,1-2H2. The van der Waals surface area contributed by atoms with Gasteiger partial charge in [-0.3, -0.25) is 0 Å². The summed E-state index contributed by atoms with van der Waals surface area (Å²) in [6, 6.07) is 4.08. The van der Waals surface area contributed by atoms with Crippen molar-refractivity contribution in [2.75, 3.05) is 0 Å². The predicted octanol–water partition coefficient (Wildman–Crippen LogP) is 3.85. The fraction of sp³-hybridized carbons (Fsp3) is 0.400. The van der Waals surface area contributed by atoms with Crippen LogP contribution in [0.4, 0.5) is 13.2 Å². The summed E-state index contributed by atoms with van der Waals surface area (Å²) in [6.45, 7) is 0. The molecule has 82 valence electrons. The third-order valence-corrected chi connectivity index (χ3v) is 3.01. The molecule has 1 aliphatic rings. The van der Waals surface area contributed by atoms with E-state index in [0.717, 1.165) is 18.9 Å². The number of hydrogen-bond acceptors (Lipinski definition) is 1. The van der Waals surface area contributed by atoms with E-state index >= 15 is 0 Å². The fourth-order valence-corrected chi connectivity index (χ4v) is 1.81. The molecule has 2 rings (SSSR count). The van der Waals surface area contributed by atoms with Crippen LogP contribution in [0.5, 0.6) is 5.75 Å². The van der Waals surface area contributed by atoms with Gasteiger partial charge in [-0.05, 0) is 53.6 Å². The van der Waals surface area contributed by atoms with Crippen LogP contribution in [-0.2, 0) is 6.18 Å². The smallest absolute Gasteiger partial charge is 0.417 e. The van der Waals surface area contributed by atoms with E-state index in [1.165, 1.54) is 6.07 Å². The van der Waals surface area contributed by atoms with Crippen LogP contribution in [0.2, 0.25) is 0 Å². The Morgan fingerprint density at radius 3 is 2.47 bits per heavy atom. The maximum Gasteiger partial charge on any atom is 0.417 e. The first-order valence-electron chi connectivity index (χ1n) is 4.50. The van der Waals surface area contributed by atoms with Gasteiger partial charge in [-0.1, -0.05) is 0 Å². The lowest BCUT2D eigenvalue weighted by molar-refractivity contribution is -0.138. The highest BCUT2D eigenvalue weighted by molar-refractivity contribution is 14.1. The second-order valence-corrected chi connectivity index (χ2v) is 4.62. The van der Waals surface area contributed by atoms with E-state index in [1.54, 1.807) is 28.7 Å². The molecule has 1 fully saturated rings. The van der Waals surface area contributed by atoms with E-state index in [4.69, 9.17) is 4.74 Å². The van der Waals surface area contributed by atoms with Crippen LogP contribution in [0.25, 0.3) is 0 Å². The molecule has 1 aromatic carbocycles. The van der Waals surface area contributed by atoms with Crippen LogP contribution in [-0.4, -0.2) is 6.10 Å². The van der Waals surface area contributed by atoms with Crippen molar-refractivity contribution >= 4 is 22.6 Å². The number of alkyl halides is 3. The van der Waals surface area contributed by atoms with Crippen LogP contribution in [0, 0.1) is 3.57 Å². The Bertz CT molecular complexity index is 371. The van der Waals surface area contributed by atoms with Gasteiger partial charge >= 0.3 is 6.18 Å². The maximum atomic E-state index is 12.5. The van der Waals surface area contributed by atoms with E-state index in [1.807, 2.05) is 0 Å². The predicted molar refractivity (Wildman–Crippen MR) is 57.8 cm³/mol. The summed E-state index contributed by atoms with van der Waals surface area (Å²) in [5, 5.41) is 0. The van der Waals surface area contributed by atoms with E-state index < -0.39 is 11.7 Å². The number of ether oxygens (including phenoxy) is 1. The zero-order chi connectivity index (χ0) is 11.1. The third kappa shape index (κ3) is 2.76. The van der Waals surface area contributed by atoms with E-state index in [0.29, 0.717) is 5.75 Å². The van der Waals surface area contributed by atoms with Gasteiger partial charge in [-0.15, -0.1) is 0 Å². The molecule has 0 amide bonds. The highest BCUT2D eigenvalue weighted by atomic mass is 127. The zero-order valence-corrected chi connectivity index (χ0v) is 9.80. The van der Waals surface area contributed by atoms with E-state index in [9.17, 15) is 13.2 Å². The van der Waals surface area contributed by atoms with Gasteiger partial charge in [0, 0.05) is 3.57 Å². The van der Waals surface area contributed by atoms with Gasteiger partial charge in [0.15, 0.2) is 0 Å². The molecular formula is C10H8F3IO. The molecule has 0 radical (unpaired) electrons. The van der Waals surface area contributed by atoms with Gasteiger partial charge in [-0.2, -0.15) is 13.2 Å². The minimum absolute atomic E-state index is 0.117.